The zero-order valence-electron chi connectivity index (χ0n) is 16.0. The summed E-state index contributed by atoms with van der Waals surface area (Å²) in [6, 6.07) is 16.5. The first-order valence-electron chi connectivity index (χ1n) is 8.89. The molecule has 7 nitrogen and oxygen atoms in total. The number of carbonyl (C=O) groups is 1. The van der Waals surface area contributed by atoms with Crippen molar-refractivity contribution in [3.05, 3.63) is 66.0 Å². The molecule has 0 saturated carbocycles. The summed E-state index contributed by atoms with van der Waals surface area (Å²) in [6.07, 6.45) is 0. The number of carbonyl (C=O) groups excluding carboxylic acids is 1. The highest BCUT2D eigenvalue weighted by molar-refractivity contribution is 5.96. The number of aryl methyl sites for hydroxylation is 1. The van der Waals surface area contributed by atoms with Gasteiger partial charge in [-0.25, -0.2) is 14.8 Å². The maximum absolute atomic E-state index is 12.0. The van der Waals surface area contributed by atoms with Gasteiger partial charge in [0.05, 0.1) is 25.0 Å². The molecule has 28 heavy (non-hydrogen) atoms. The number of benzene rings is 2. The van der Waals surface area contributed by atoms with Crippen molar-refractivity contribution in [1.82, 2.24) is 9.97 Å². The lowest BCUT2D eigenvalue weighted by Gasteiger charge is -2.12. The number of rotatable bonds is 7. The third kappa shape index (κ3) is 4.76. The fourth-order valence-electron chi connectivity index (χ4n) is 2.66. The molecule has 2 N–H and O–H groups in total. The second kappa shape index (κ2) is 8.85. The molecule has 0 saturated heterocycles. The number of hydrogen-bond donors (Lipinski definition) is 2. The third-order valence-electron chi connectivity index (χ3n) is 3.87. The van der Waals surface area contributed by atoms with Gasteiger partial charge in [-0.1, -0.05) is 12.1 Å². The van der Waals surface area contributed by atoms with Crippen LogP contribution in [-0.4, -0.2) is 29.7 Å². The van der Waals surface area contributed by atoms with E-state index in [9.17, 15) is 4.79 Å². The molecule has 0 unspecified atom stereocenters. The lowest BCUT2D eigenvalue weighted by atomic mass is 10.2. The minimum Gasteiger partial charge on any atom is -0.494 e. The lowest BCUT2D eigenvalue weighted by molar-refractivity contribution is 0.0602. The van der Waals surface area contributed by atoms with E-state index >= 15 is 0 Å². The van der Waals surface area contributed by atoms with E-state index in [1.165, 1.54) is 7.11 Å². The minimum absolute atomic E-state index is 0.415. The molecule has 0 spiro atoms. The Morgan fingerprint density at radius 1 is 1.00 bits per heavy atom. The predicted octanol–water partition coefficient (Wildman–Crippen LogP) is 4.46. The Kier molecular flexibility index (Phi) is 6.06. The van der Waals surface area contributed by atoms with Crippen molar-refractivity contribution in [2.75, 3.05) is 24.4 Å². The summed E-state index contributed by atoms with van der Waals surface area (Å²) in [5.74, 6) is 2.19. The molecule has 0 fully saturated rings. The summed E-state index contributed by atoms with van der Waals surface area (Å²) in [5.41, 5.74) is 1.92. The van der Waals surface area contributed by atoms with Crippen LogP contribution in [0.5, 0.6) is 5.75 Å². The van der Waals surface area contributed by atoms with Crippen LogP contribution in [0, 0.1) is 6.92 Å². The average Bonchev–Trinajstić information content (AvgIpc) is 2.69. The standard InChI is InChI=1S/C21H22N4O3/c1-4-28-16-11-9-15(10-12-16)24-19-13-20(23-14(2)22-19)25-18-8-6-5-7-17(18)21(26)27-3/h5-13H,4H2,1-3H3,(H2,22,23,24,25). The Labute approximate surface area is 163 Å². The summed E-state index contributed by atoms with van der Waals surface area (Å²) in [5, 5.41) is 6.42. The SMILES string of the molecule is CCOc1ccc(Nc2cc(Nc3ccccc3C(=O)OC)nc(C)n2)cc1. The molecule has 1 aromatic heterocycles. The van der Waals surface area contributed by atoms with Gasteiger partial charge in [0.1, 0.15) is 23.2 Å². The van der Waals surface area contributed by atoms with Gasteiger partial charge in [0.15, 0.2) is 0 Å². The number of ether oxygens (including phenoxy) is 2. The fourth-order valence-corrected chi connectivity index (χ4v) is 2.66. The predicted molar refractivity (Wildman–Crippen MR) is 109 cm³/mol. The van der Waals surface area contributed by atoms with E-state index < -0.39 is 5.97 Å². The molecule has 0 radical (unpaired) electrons. The van der Waals surface area contributed by atoms with Crippen LogP contribution in [0.25, 0.3) is 0 Å². The number of hydrogen-bond acceptors (Lipinski definition) is 7. The van der Waals surface area contributed by atoms with Gasteiger partial charge in [-0.3, -0.25) is 0 Å². The second-order valence-electron chi connectivity index (χ2n) is 5.93. The van der Waals surface area contributed by atoms with Crippen LogP contribution in [-0.2, 0) is 4.74 Å². The highest BCUT2D eigenvalue weighted by Gasteiger charge is 2.12. The van der Waals surface area contributed by atoms with Crippen molar-refractivity contribution in [2.24, 2.45) is 0 Å². The van der Waals surface area contributed by atoms with Crippen LogP contribution >= 0.6 is 0 Å². The normalized spacial score (nSPS) is 10.2. The summed E-state index contributed by atoms with van der Waals surface area (Å²) >= 11 is 0. The topological polar surface area (TPSA) is 85.4 Å². The molecule has 0 aliphatic carbocycles. The van der Waals surface area contributed by atoms with E-state index in [1.54, 1.807) is 31.2 Å². The zero-order valence-corrected chi connectivity index (χ0v) is 16.0. The Morgan fingerprint density at radius 3 is 2.36 bits per heavy atom. The quantitative estimate of drug-likeness (QED) is 0.587. The lowest BCUT2D eigenvalue weighted by Crippen LogP contribution is -2.07. The molecule has 0 bridgehead atoms. The molecule has 2 aromatic carbocycles. The van der Waals surface area contributed by atoms with Crippen LogP contribution < -0.4 is 15.4 Å². The van der Waals surface area contributed by atoms with E-state index in [2.05, 4.69) is 20.6 Å². The molecule has 7 heteroatoms. The van der Waals surface area contributed by atoms with Crippen molar-refractivity contribution in [3.8, 4) is 5.75 Å². The Morgan fingerprint density at radius 2 is 1.68 bits per heavy atom. The molecule has 0 atom stereocenters. The molecule has 3 aromatic rings. The number of aromatic nitrogens is 2. The van der Waals surface area contributed by atoms with Crippen molar-refractivity contribution >= 4 is 29.0 Å². The molecule has 0 amide bonds. The van der Waals surface area contributed by atoms with Gasteiger partial charge in [0.2, 0.25) is 0 Å². The minimum atomic E-state index is -0.415. The van der Waals surface area contributed by atoms with Crippen LogP contribution in [0.1, 0.15) is 23.1 Å². The highest BCUT2D eigenvalue weighted by atomic mass is 16.5. The van der Waals surface area contributed by atoms with E-state index in [4.69, 9.17) is 9.47 Å². The van der Waals surface area contributed by atoms with E-state index in [1.807, 2.05) is 37.3 Å². The highest BCUT2D eigenvalue weighted by Crippen LogP contribution is 2.24. The van der Waals surface area contributed by atoms with Crippen molar-refractivity contribution < 1.29 is 14.3 Å². The van der Waals surface area contributed by atoms with Crippen molar-refractivity contribution in [2.45, 2.75) is 13.8 Å². The van der Waals surface area contributed by atoms with E-state index in [0.717, 1.165) is 11.4 Å². The number of nitrogens with one attached hydrogen (secondary N) is 2. The third-order valence-corrected chi connectivity index (χ3v) is 3.87. The van der Waals surface area contributed by atoms with E-state index in [0.29, 0.717) is 35.3 Å². The number of para-hydroxylation sites is 1. The fraction of sp³-hybridized carbons (Fsp3) is 0.190. The Bertz CT molecular complexity index is 958. The Balaban J connectivity index is 1.81. The molecular weight excluding hydrogens is 356 g/mol. The molecule has 144 valence electrons. The van der Waals surface area contributed by atoms with Gasteiger partial charge in [-0.2, -0.15) is 0 Å². The number of methoxy groups -OCH3 is 1. The van der Waals surface area contributed by atoms with Crippen LogP contribution in [0.4, 0.5) is 23.0 Å². The second-order valence-corrected chi connectivity index (χ2v) is 5.93. The van der Waals surface area contributed by atoms with Crippen LogP contribution in [0.3, 0.4) is 0 Å². The largest absolute Gasteiger partial charge is 0.494 e. The number of anilines is 4. The van der Waals surface area contributed by atoms with Gasteiger partial charge in [0, 0.05) is 11.8 Å². The Hall–Kier alpha value is -3.61. The van der Waals surface area contributed by atoms with Gasteiger partial charge in [-0.05, 0) is 50.2 Å². The van der Waals surface area contributed by atoms with Gasteiger partial charge < -0.3 is 20.1 Å². The number of esters is 1. The van der Waals surface area contributed by atoms with Crippen molar-refractivity contribution in [3.63, 3.8) is 0 Å². The monoisotopic (exact) mass is 378 g/mol. The summed E-state index contributed by atoms with van der Waals surface area (Å²) in [4.78, 5) is 20.8. The molecule has 1 heterocycles. The summed E-state index contributed by atoms with van der Waals surface area (Å²) in [7, 11) is 1.35. The molecule has 3 rings (SSSR count). The zero-order chi connectivity index (χ0) is 19.9. The smallest absolute Gasteiger partial charge is 0.339 e. The summed E-state index contributed by atoms with van der Waals surface area (Å²) in [6.45, 7) is 4.38. The first-order valence-corrected chi connectivity index (χ1v) is 8.89. The first-order chi connectivity index (χ1) is 13.6. The molecular formula is C21H22N4O3. The van der Waals surface area contributed by atoms with Crippen LogP contribution in [0.2, 0.25) is 0 Å². The maximum Gasteiger partial charge on any atom is 0.339 e. The van der Waals surface area contributed by atoms with E-state index in [-0.39, 0.29) is 0 Å². The molecule has 0 aliphatic rings. The van der Waals surface area contributed by atoms with Crippen LogP contribution in [0.15, 0.2) is 54.6 Å². The maximum atomic E-state index is 12.0. The first kappa shape index (κ1) is 19.2. The van der Waals surface area contributed by atoms with Gasteiger partial charge >= 0.3 is 5.97 Å². The van der Waals surface area contributed by atoms with Gasteiger partial charge in [-0.15, -0.1) is 0 Å². The van der Waals surface area contributed by atoms with Gasteiger partial charge in [0.25, 0.3) is 0 Å². The van der Waals surface area contributed by atoms with Crippen molar-refractivity contribution in [1.29, 1.82) is 0 Å². The molecule has 0 aliphatic heterocycles. The summed E-state index contributed by atoms with van der Waals surface area (Å²) < 4.78 is 10.3. The average molecular weight is 378 g/mol. The number of nitrogens with zero attached hydrogens (tertiary/aromatic N) is 2.